The number of ether oxygens (including phenoxy) is 1. The average molecular weight is 380 g/mol. The first-order valence-electron chi connectivity index (χ1n) is 10.0. The van der Waals surface area contributed by atoms with E-state index in [1.807, 2.05) is 11.8 Å². The van der Waals surface area contributed by atoms with Crippen LogP contribution in [0.5, 0.6) is 5.75 Å². The van der Waals surface area contributed by atoms with Crippen LogP contribution in [0.3, 0.4) is 0 Å². The van der Waals surface area contributed by atoms with Crippen LogP contribution in [0.2, 0.25) is 0 Å². The number of para-hydroxylation sites is 1. The molecule has 0 radical (unpaired) electrons. The van der Waals surface area contributed by atoms with E-state index in [-0.39, 0.29) is 0 Å². The van der Waals surface area contributed by atoms with E-state index in [4.69, 9.17) is 4.74 Å². The van der Waals surface area contributed by atoms with E-state index in [1.165, 1.54) is 53.9 Å². The van der Waals surface area contributed by atoms with Crippen molar-refractivity contribution < 1.29 is 4.74 Å². The Morgan fingerprint density at radius 3 is 2.67 bits per heavy atom. The number of methoxy groups -OCH3 is 1. The molecule has 1 aliphatic heterocycles. The van der Waals surface area contributed by atoms with Crippen molar-refractivity contribution in [1.82, 2.24) is 0 Å². The van der Waals surface area contributed by atoms with Gasteiger partial charge in [0.2, 0.25) is 0 Å². The Hall–Kier alpha value is -1.87. The molecule has 0 amide bonds. The lowest BCUT2D eigenvalue weighted by Crippen LogP contribution is -2.31. The number of rotatable bonds is 4. The minimum absolute atomic E-state index is 0.493. The highest BCUT2D eigenvalue weighted by Crippen LogP contribution is 2.46. The second-order valence-corrected chi connectivity index (χ2v) is 8.93. The molecule has 4 rings (SSSR count). The maximum Gasteiger partial charge on any atom is 0.118 e. The first-order chi connectivity index (χ1) is 13.2. The van der Waals surface area contributed by atoms with Gasteiger partial charge in [-0.2, -0.15) is 0 Å². The van der Waals surface area contributed by atoms with Gasteiger partial charge in [-0.3, -0.25) is 0 Å². The maximum atomic E-state index is 5.33. The third-order valence-corrected chi connectivity index (χ3v) is 7.17. The summed E-state index contributed by atoms with van der Waals surface area (Å²) in [6, 6.07) is 15.4. The van der Waals surface area contributed by atoms with Gasteiger partial charge in [-0.1, -0.05) is 36.4 Å². The summed E-state index contributed by atoms with van der Waals surface area (Å²) >= 11 is 2.03. The van der Waals surface area contributed by atoms with E-state index in [1.54, 1.807) is 7.11 Å². The van der Waals surface area contributed by atoms with E-state index in [9.17, 15) is 0 Å². The van der Waals surface area contributed by atoms with Gasteiger partial charge in [-0.25, -0.2) is 0 Å². The minimum atomic E-state index is 0.493. The first kappa shape index (κ1) is 18.5. The Bertz CT molecular complexity index is 799. The van der Waals surface area contributed by atoms with Crippen LogP contribution in [0.25, 0.3) is 0 Å². The molecule has 1 heterocycles. The molecule has 0 spiro atoms. The molecule has 2 aliphatic rings. The van der Waals surface area contributed by atoms with Crippen molar-refractivity contribution in [2.24, 2.45) is 5.92 Å². The van der Waals surface area contributed by atoms with Crippen molar-refractivity contribution in [2.45, 2.75) is 42.8 Å². The van der Waals surface area contributed by atoms with Crippen molar-refractivity contribution in [1.29, 1.82) is 0 Å². The zero-order chi connectivity index (χ0) is 18.6. The highest BCUT2D eigenvalue weighted by atomic mass is 32.2. The van der Waals surface area contributed by atoms with Crippen LogP contribution in [0, 0.1) is 12.8 Å². The van der Waals surface area contributed by atoms with Gasteiger partial charge in [0.15, 0.2) is 0 Å². The number of benzene rings is 2. The van der Waals surface area contributed by atoms with Crippen LogP contribution in [-0.2, 0) is 0 Å². The van der Waals surface area contributed by atoms with Crippen LogP contribution in [-0.4, -0.2) is 20.2 Å². The Labute approximate surface area is 167 Å². The van der Waals surface area contributed by atoms with Crippen LogP contribution in [0.1, 0.15) is 42.1 Å². The van der Waals surface area contributed by atoms with Crippen LogP contribution in [0.15, 0.2) is 59.5 Å². The molecule has 3 heteroatoms. The molecule has 2 nitrogen and oxygen atoms in total. The summed E-state index contributed by atoms with van der Waals surface area (Å²) in [6.45, 7) is 4.57. The molecule has 2 atom stereocenters. The molecule has 0 N–H and O–H groups in total. The average Bonchev–Trinajstić information content (AvgIpc) is 2.89. The van der Waals surface area contributed by atoms with Crippen LogP contribution < -0.4 is 9.64 Å². The fraction of sp³-hybridized carbons (Fsp3) is 0.417. The van der Waals surface area contributed by atoms with E-state index in [0.29, 0.717) is 5.25 Å². The molecule has 0 aromatic heterocycles. The molecule has 2 aromatic carbocycles. The zero-order valence-corrected chi connectivity index (χ0v) is 17.2. The summed E-state index contributed by atoms with van der Waals surface area (Å²) in [5.74, 6) is 1.71. The molecule has 0 saturated carbocycles. The number of nitrogens with zero attached hydrogens (tertiary/aromatic N) is 1. The minimum Gasteiger partial charge on any atom is -0.497 e. The Morgan fingerprint density at radius 1 is 1.07 bits per heavy atom. The monoisotopic (exact) mass is 379 g/mol. The Kier molecular flexibility index (Phi) is 5.77. The summed E-state index contributed by atoms with van der Waals surface area (Å²) in [5, 5.41) is 0.493. The largest absolute Gasteiger partial charge is 0.497 e. The number of thioether (sulfide) groups is 1. The number of aryl methyl sites for hydroxylation is 1. The summed E-state index contributed by atoms with van der Waals surface area (Å²) < 4.78 is 5.33. The fourth-order valence-corrected chi connectivity index (χ4v) is 5.68. The van der Waals surface area contributed by atoms with E-state index < -0.39 is 0 Å². The first-order valence-corrected chi connectivity index (χ1v) is 10.9. The molecule has 0 bridgehead atoms. The van der Waals surface area contributed by atoms with Crippen molar-refractivity contribution in [3.8, 4) is 5.75 Å². The van der Waals surface area contributed by atoms with Crippen LogP contribution >= 0.6 is 11.8 Å². The second-order valence-electron chi connectivity index (χ2n) is 7.69. The lowest BCUT2D eigenvalue weighted by molar-refractivity contribution is 0.414. The van der Waals surface area contributed by atoms with Gasteiger partial charge in [0.25, 0.3) is 0 Å². The standard InChI is InChI=1S/C24H29NOS/c1-18-7-6-10-23-24(18)25(17-19-8-4-3-5-9-19)16-15-22(27-23)20-11-13-21(26-2)14-12-20/h3-4,6-7,10-14,19,22H,5,8-9,15-17H2,1-2H3/t19-,22-/m1/s1. The Morgan fingerprint density at radius 2 is 1.93 bits per heavy atom. The van der Waals surface area contributed by atoms with Crippen molar-refractivity contribution >= 4 is 17.4 Å². The second kappa shape index (κ2) is 8.43. The van der Waals surface area contributed by atoms with E-state index >= 15 is 0 Å². The molecule has 2 aromatic rings. The van der Waals surface area contributed by atoms with E-state index in [2.05, 4.69) is 66.4 Å². The predicted molar refractivity (Wildman–Crippen MR) is 116 cm³/mol. The molecular formula is C24H29NOS. The fourth-order valence-electron chi connectivity index (χ4n) is 4.30. The van der Waals surface area contributed by atoms with E-state index in [0.717, 1.165) is 18.2 Å². The molecule has 0 saturated heterocycles. The van der Waals surface area contributed by atoms with Gasteiger partial charge in [0.05, 0.1) is 12.8 Å². The highest BCUT2D eigenvalue weighted by molar-refractivity contribution is 7.99. The predicted octanol–water partition coefficient (Wildman–Crippen LogP) is 6.40. The van der Waals surface area contributed by atoms with Crippen molar-refractivity contribution in [3.05, 3.63) is 65.7 Å². The number of anilines is 1. The van der Waals surface area contributed by atoms with Gasteiger partial charge < -0.3 is 9.64 Å². The number of allylic oxidation sites excluding steroid dienone is 2. The molecule has 0 unspecified atom stereocenters. The number of fused-ring (bicyclic) bond motifs is 1. The highest BCUT2D eigenvalue weighted by Gasteiger charge is 2.26. The van der Waals surface area contributed by atoms with Gasteiger partial charge in [-0.15, -0.1) is 11.8 Å². The van der Waals surface area contributed by atoms with Gasteiger partial charge in [-0.05, 0) is 67.9 Å². The lowest BCUT2D eigenvalue weighted by atomic mass is 9.93. The van der Waals surface area contributed by atoms with Crippen molar-refractivity contribution in [3.63, 3.8) is 0 Å². The third-order valence-electron chi connectivity index (χ3n) is 5.79. The topological polar surface area (TPSA) is 12.5 Å². The smallest absolute Gasteiger partial charge is 0.118 e. The summed E-state index contributed by atoms with van der Waals surface area (Å²) in [5.41, 5.74) is 4.27. The summed E-state index contributed by atoms with van der Waals surface area (Å²) in [4.78, 5) is 4.10. The molecule has 1 aliphatic carbocycles. The van der Waals surface area contributed by atoms with Crippen LogP contribution in [0.4, 0.5) is 5.69 Å². The zero-order valence-electron chi connectivity index (χ0n) is 16.4. The van der Waals surface area contributed by atoms with Gasteiger partial charge in [0, 0.05) is 23.2 Å². The molecule has 0 fully saturated rings. The lowest BCUT2D eigenvalue weighted by Gasteiger charge is -2.31. The molecular weight excluding hydrogens is 350 g/mol. The third kappa shape index (κ3) is 4.19. The van der Waals surface area contributed by atoms with Crippen molar-refractivity contribution in [2.75, 3.05) is 25.1 Å². The van der Waals surface area contributed by atoms with Gasteiger partial charge >= 0.3 is 0 Å². The summed E-state index contributed by atoms with van der Waals surface area (Å²) in [7, 11) is 1.73. The van der Waals surface area contributed by atoms with Gasteiger partial charge in [0.1, 0.15) is 5.75 Å². The molecule has 142 valence electrons. The quantitative estimate of drug-likeness (QED) is 0.570. The SMILES string of the molecule is COc1ccc([C@H]2CCN(C[C@@H]3CC=CCC3)c3c(C)cccc3S2)cc1. The normalized spacial score (nSPS) is 22.2. The number of hydrogen-bond acceptors (Lipinski definition) is 3. The molecule has 27 heavy (non-hydrogen) atoms. The maximum absolute atomic E-state index is 5.33. The summed E-state index contributed by atoms with van der Waals surface area (Å²) in [6.07, 6.45) is 9.68. The number of hydrogen-bond donors (Lipinski definition) is 0. The Balaban J connectivity index is 1.60.